The molecule has 1 saturated heterocycles. The van der Waals surface area contributed by atoms with Crippen LogP contribution in [0, 0.1) is 11.8 Å². The average Bonchev–Trinajstić information content (AvgIpc) is 3.41. The molecule has 206 valence electrons. The first kappa shape index (κ1) is 30.6. The molecule has 1 aliphatic heterocycles. The largest absolute Gasteiger partial charge is 0.475 e. The molecule has 2 aliphatic rings. The lowest BCUT2D eigenvalue weighted by Gasteiger charge is -2.39. The van der Waals surface area contributed by atoms with Gasteiger partial charge in [0.2, 0.25) is 11.7 Å². The first-order chi connectivity index (χ1) is 17.6. The molecule has 7 heteroatoms. The maximum absolute atomic E-state index is 11.8. The number of hydrogen-bond acceptors (Lipinski definition) is 5. The molecule has 1 aliphatic carbocycles. The number of carboxylic acids is 1. The van der Waals surface area contributed by atoms with Crippen LogP contribution in [-0.2, 0) is 9.53 Å². The molecule has 2 unspecified atom stereocenters. The van der Waals surface area contributed by atoms with Crippen molar-refractivity contribution in [3.8, 4) is 0 Å². The van der Waals surface area contributed by atoms with Crippen LogP contribution in [0.5, 0.6) is 0 Å². The third kappa shape index (κ3) is 12.0. The standard InChI is InChI=1S/C25H41NO3.C5H4O3/c1-5-6-7-24(28)26-22-13-11-20(12-14-22)10-8-19(2)9-15-23-16-21(18-27)17-25(3,4)29-23;6-5(7)4-2-1-3-8-4/h6-9,15,20-23,27H,5,10-14,16-18H2,1-4H3,(H,26,28);1-3H,(H,6,7)/b7-6-,15-9+,19-8+;. The van der Waals surface area contributed by atoms with E-state index in [1.807, 2.05) is 13.0 Å². The van der Waals surface area contributed by atoms with Crippen LogP contribution in [0.3, 0.4) is 0 Å². The van der Waals surface area contributed by atoms with Crippen LogP contribution in [0.15, 0.2) is 58.8 Å². The lowest BCUT2D eigenvalue weighted by molar-refractivity contribution is -0.117. The van der Waals surface area contributed by atoms with Crippen molar-refractivity contribution in [2.75, 3.05) is 6.61 Å². The Balaban J connectivity index is 0.000000510. The highest BCUT2D eigenvalue weighted by molar-refractivity contribution is 5.87. The van der Waals surface area contributed by atoms with E-state index in [0.29, 0.717) is 17.9 Å². The number of aliphatic hydroxyl groups is 1. The number of rotatable bonds is 9. The minimum atomic E-state index is -1.03. The van der Waals surface area contributed by atoms with Crippen molar-refractivity contribution in [2.24, 2.45) is 11.8 Å². The molecule has 1 amide bonds. The molecule has 1 aromatic rings. The zero-order valence-electron chi connectivity index (χ0n) is 22.8. The molecule has 2 atom stereocenters. The Labute approximate surface area is 221 Å². The van der Waals surface area contributed by atoms with Crippen molar-refractivity contribution >= 4 is 11.9 Å². The summed E-state index contributed by atoms with van der Waals surface area (Å²) >= 11 is 0. The highest BCUT2D eigenvalue weighted by Gasteiger charge is 2.33. The van der Waals surface area contributed by atoms with Crippen molar-refractivity contribution in [3.63, 3.8) is 0 Å². The number of aliphatic hydroxyl groups excluding tert-OH is 1. The van der Waals surface area contributed by atoms with E-state index in [1.165, 1.54) is 36.8 Å². The highest BCUT2D eigenvalue weighted by atomic mass is 16.5. The summed E-state index contributed by atoms with van der Waals surface area (Å²) in [5.74, 6) is 0.0277. The second-order valence-electron chi connectivity index (χ2n) is 10.8. The van der Waals surface area contributed by atoms with Crippen LogP contribution in [-0.4, -0.2) is 46.4 Å². The van der Waals surface area contributed by atoms with E-state index in [2.05, 4.69) is 48.7 Å². The number of carboxylic acid groups (broad SMARTS) is 1. The number of carbonyl (C=O) groups excluding carboxylic acids is 1. The van der Waals surface area contributed by atoms with Gasteiger partial charge in [-0.1, -0.05) is 36.8 Å². The zero-order valence-corrected chi connectivity index (χ0v) is 22.8. The summed E-state index contributed by atoms with van der Waals surface area (Å²) in [7, 11) is 0. The number of ether oxygens (including phenoxy) is 1. The van der Waals surface area contributed by atoms with Crippen LogP contribution in [0.2, 0.25) is 0 Å². The zero-order chi connectivity index (χ0) is 27.3. The first-order valence-corrected chi connectivity index (χ1v) is 13.5. The van der Waals surface area contributed by atoms with Gasteiger partial charge in [-0.05, 0) is 102 Å². The molecular formula is C30H45NO6. The molecule has 1 saturated carbocycles. The second kappa shape index (κ2) is 15.6. The molecule has 3 N–H and O–H groups in total. The van der Waals surface area contributed by atoms with Gasteiger partial charge in [-0.25, -0.2) is 4.79 Å². The van der Waals surface area contributed by atoms with E-state index in [4.69, 9.17) is 9.84 Å². The van der Waals surface area contributed by atoms with E-state index >= 15 is 0 Å². The summed E-state index contributed by atoms with van der Waals surface area (Å²) in [6.45, 7) is 8.65. The van der Waals surface area contributed by atoms with Gasteiger partial charge in [0.05, 0.1) is 18.0 Å². The smallest absolute Gasteiger partial charge is 0.371 e. The number of hydrogen-bond donors (Lipinski definition) is 3. The number of furan rings is 1. The molecular weight excluding hydrogens is 470 g/mol. The van der Waals surface area contributed by atoms with Gasteiger partial charge in [-0.3, -0.25) is 4.79 Å². The quantitative estimate of drug-likeness (QED) is 0.272. The minimum Gasteiger partial charge on any atom is -0.475 e. The van der Waals surface area contributed by atoms with Gasteiger partial charge in [-0.15, -0.1) is 0 Å². The molecule has 0 spiro atoms. The number of aromatic carboxylic acids is 1. The Morgan fingerprint density at radius 2 is 1.89 bits per heavy atom. The highest BCUT2D eigenvalue weighted by Crippen LogP contribution is 2.33. The van der Waals surface area contributed by atoms with Gasteiger partial charge in [0.25, 0.3) is 0 Å². The second-order valence-corrected chi connectivity index (χ2v) is 10.8. The van der Waals surface area contributed by atoms with Crippen LogP contribution >= 0.6 is 0 Å². The van der Waals surface area contributed by atoms with Crippen LogP contribution in [0.25, 0.3) is 0 Å². The predicted molar refractivity (Wildman–Crippen MR) is 145 cm³/mol. The van der Waals surface area contributed by atoms with Gasteiger partial charge >= 0.3 is 5.97 Å². The fourth-order valence-electron chi connectivity index (χ4n) is 4.97. The van der Waals surface area contributed by atoms with Crippen LogP contribution in [0.1, 0.15) is 89.6 Å². The molecule has 2 fully saturated rings. The summed E-state index contributed by atoms with van der Waals surface area (Å²) in [5.41, 5.74) is 1.11. The van der Waals surface area contributed by atoms with Crippen molar-refractivity contribution in [1.29, 1.82) is 0 Å². The molecule has 0 radical (unpaired) electrons. The van der Waals surface area contributed by atoms with Gasteiger partial charge < -0.3 is 24.7 Å². The molecule has 7 nitrogen and oxygen atoms in total. The van der Waals surface area contributed by atoms with E-state index in [1.54, 1.807) is 6.08 Å². The van der Waals surface area contributed by atoms with Crippen LogP contribution < -0.4 is 5.32 Å². The van der Waals surface area contributed by atoms with Crippen molar-refractivity contribution < 1.29 is 29.0 Å². The number of amides is 1. The van der Waals surface area contributed by atoms with E-state index in [9.17, 15) is 14.7 Å². The maximum Gasteiger partial charge on any atom is 0.371 e. The molecule has 0 aromatic carbocycles. The number of nitrogens with one attached hydrogen (secondary N) is 1. The monoisotopic (exact) mass is 515 g/mol. The van der Waals surface area contributed by atoms with Gasteiger partial charge in [0.15, 0.2) is 0 Å². The molecule has 0 bridgehead atoms. The van der Waals surface area contributed by atoms with Crippen molar-refractivity contribution in [3.05, 3.63) is 60.1 Å². The van der Waals surface area contributed by atoms with Gasteiger partial charge in [-0.2, -0.15) is 0 Å². The summed E-state index contributed by atoms with van der Waals surface area (Å²) in [6, 6.07) is 3.25. The molecule has 3 rings (SSSR count). The SMILES string of the molecule is CC/C=C\C(=O)NC1CCC(C/C=C(C)/C=C/C2CC(CO)CC(C)(C)O2)CC1.O=C(O)c1ccco1. The Kier molecular flexibility index (Phi) is 12.9. The van der Waals surface area contributed by atoms with Gasteiger partial charge in [0, 0.05) is 12.6 Å². The Bertz CT molecular complexity index is 907. The third-order valence-electron chi connectivity index (χ3n) is 6.85. The van der Waals surface area contributed by atoms with Gasteiger partial charge in [0.1, 0.15) is 0 Å². The normalized spacial score (nSPS) is 26.0. The predicted octanol–water partition coefficient (Wildman–Crippen LogP) is 6.06. The Hall–Kier alpha value is -2.64. The summed E-state index contributed by atoms with van der Waals surface area (Å²) in [5, 5.41) is 20.8. The summed E-state index contributed by atoms with van der Waals surface area (Å²) in [4.78, 5) is 21.8. The average molecular weight is 516 g/mol. The maximum atomic E-state index is 11.8. The number of allylic oxidation sites excluding steroid dienone is 4. The van der Waals surface area contributed by atoms with Crippen molar-refractivity contribution in [2.45, 2.75) is 96.8 Å². The lowest BCUT2D eigenvalue weighted by atomic mass is 9.83. The molecule has 1 aromatic heterocycles. The van der Waals surface area contributed by atoms with E-state index < -0.39 is 5.97 Å². The van der Waals surface area contributed by atoms with Crippen molar-refractivity contribution in [1.82, 2.24) is 5.32 Å². The Morgan fingerprint density at radius 1 is 1.16 bits per heavy atom. The third-order valence-corrected chi connectivity index (χ3v) is 6.85. The lowest BCUT2D eigenvalue weighted by Crippen LogP contribution is -2.39. The first-order valence-electron chi connectivity index (χ1n) is 13.5. The molecule has 2 heterocycles. The minimum absolute atomic E-state index is 0.0231. The fourth-order valence-corrected chi connectivity index (χ4v) is 4.97. The van der Waals surface area contributed by atoms with Crippen LogP contribution in [0.4, 0.5) is 0 Å². The van der Waals surface area contributed by atoms with E-state index in [-0.39, 0.29) is 30.0 Å². The molecule has 37 heavy (non-hydrogen) atoms. The van der Waals surface area contributed by atoms with E-state index in [0.717, 1.165) is 38.5 Å². The fraction of sp³-hybridized carbons (Fsp3) is 0.600. The Morgan fingerprint density at radius 3 is 2.46 bits per heavy atom. The summed E-state index contributed by atoms with van der Waals surface area (Å²) in [6.07, 6.45) is 19.9. The summed E-state index contributed by atoms with van der Waals surface area (Å²) < 4.78 is 10.6. The topological polar surface area (TPSA) is 109 Å². The number of carbonyl (C=O) groups is 2.